The standard InChI is InChI=1S/C17H39N3/c1-7-19(8-2)11-10-12-20(9-3)15-16(14-18)13-17(4,5)6/h16H,7-15,18H2,1-6H3. The molecule has 0 amide bonds. The largest absolute Gasteiger partial charge is 0.330 e. The van der Waals surface area contributed by atoms with Gasteiger partial charge in [0.1, 0.15) is 0 Å². The zero-order chi connectivity index (χ0) is 15.6. The first-order valence-corrected chi connectivity index (χ1v) is 8.51. The summed E-state index contributed by atoms with van der Waals surface area (Å²) in [7, 11) is 0. The lowest BCUT2D eigenvalue weighted by atomic mass is 9.84. The zero-order valence-electron chi connectivity index (χ0n) is 14.9. The Kier molecular flexibility index (Phi) is 10.5. The van der Waals surface area contributed by atoms with Crippen molar-refractivity contribution in [2.75, 3.05) is 45.8 Å². The van der Waals surface area contributed by atoms with Crippen molar-refractivity contribution in [3.8, 4) is 0 Å². The minimum Gasteiger partial charge on any atom is -0.330 e. The van der Waals surface area contributed by atoms with Crippen molar-refractivity contribution in [1.29, 1.82) is 0 Å². The van der Waals surface area contributed by atoms with Gasteiger partial charge in [-0.3, -0.25) is 0 Å². The number of rotatable bonds is 11. The lowest BCUT2D eigenvalue weighted by Gasteiger charge is -2.30. The van der Waals surface area contributed by atoms with Gasteiger partial charge in [-0.25, -0.2) is 0 Å². The van der Waals surface area contributed by atoms with Crippen LogP contribution in [0.15, 0.2) is 0 Å². The maximum Gasteiger partial charge on any atom is 0.00218 e. The van der Waals surface area contributed by atoms with Gasteiger partial charge < -0.3 is 15.5 Å². The summed E-state index contributed by atoms with van der Waals surface area (Å²) >= 11 is 0. The van der Waals surface area contributed by atoms with Gasteiger partial charge in [-0.1, -0.05) is 41.5 Å². The molecule has 0 radical (unpaired) electrons. The van der Waals surface area contributed by atoms with Gasteiger partial charge in [0.15, 0.2) is 0 Å². The highest BCUT2D eigenvalue weighted by molar-refractivity contribution is 4.73. The second-order valence-corrected chi connectivity index (χ2v) is 7.14. The summed E-state index contributed by atoms with van der Waals surface area (Å²) in [5.74, 6) is 0.628. The molecule has 0 saturated carbocycles. The average molecular weight is 286 g/mol. The summed E-state index contributed by atoms with van der Waals surface area (Å²) < 4.78 is 0. The Hall–Kier alpha value is -0.120. The van der Waals surface area contributed by atoms with Gasteiger partial charge in [-0.05, 0) is 63.4 Å². The van der Waals surface area contributed by atoms with Crippen molar-refractivity contribution in [3.63, 3.8) is 0 Å². The van der Waals surface area contributed by atoms with Crippen molar-refractivity contribution in [3.05, 3.63) is 0 Å². The minimum absolute atomic E-state index is 0.380. The zero-order valence-corrected chi connectivity index (χ0v) is 14.9. The third kappa shape index (κ3) is 9.73. The molecule has 0 aromatic rings. The van der Waals surface area contributed by atoms with Gasteiger partial charge in [-0.15, -0.1) is 0 Å². The Bertz CT molecular complexity index is 219. The van der Waals surface area contributed by atoms with Crippen LogP contribution in [0.2, 0.25) is 0 Å². The highest BCUT2D eigenvalue weighted by atomic mass is 15.1. The lowest BCUT2D eigenvalue weighted by molar-refractivity contribution is 0.189. The molecule has 3 nitrogen and oxygen atoms in total. The van der Waals surface area contributed by atoms with Crippen LogP contribution in [0.25, 0.3) is 0 Å². The number of hydrogen-bond acceptors (Lipinski definition) is 3. The normalized spacial score (nSPS) is 14.2. The van der Waals surface area contributed by atoms with Crippen LogP contribution >= 0.6 is 0 Å². The summed E-state index contributed by atoms with van der Waals surface area (Å²) in [6, 6.07) is 0. The third-order valence-electron chi connectivity index (χ3n) is 4.04. The van der Waals surface area contributed by atoms with Gasteiger partial charge in [0.05, 0.1) is 0 Å². The maximum atomic E-state index is 5.97. The maximum absolute atomic E-state index is 5.97. The molecule has 0 aliphatic carbocycles. The molecule has 20 heavy (non-hydrogen) atoms. The van der Waals surface area contributed by atoms with Crippen molar-refractivity contribution in [2.45, 2.75) is 54.4 Å². The molecule has 0 spiro atoms. The molecule has 2 N–H and O–H groups in total. The minimum atomic E-state index is 0.380. The van der Waals surface area contributed by atoms with E-state index in [0.29, 0.717) is 11.3 Å². The topological polar surface area (TPSA) is 32.5 Å². The van der Waals surface area contributed by atoms with Gasteiger partial charge >= 0.3 is 0 Å². The molecular formula is C17H39N3. The van der Waals surface area contributed by atoms with Crippen LogP contribution in [-0.2, 0) is 0 Å². The molecule has 3 heteroatoms. The molecule has 0 aromatic carbocycles. The van der Waals surface area contributed by atoms with Crippen LogP contribution < -0.4 is 5.73 Å². The van der Waals surface area contributed by atoms with Crippen molar-refractivity contribution in [2.24, 2.45) is 17.1 Å². The molecular weight excluding hydrogens is 246 g/mol. The summed E-state index contributed by atoms with van der Waals surface area (Å²) in [6.45, 7) is 21.5. The molecule has 1 unspecified atom stereocenters. The first-order chi connectivity index (χ1) is 9.36. The highest BCUT2D eigenvalue weighted by Gasteiger charge is 2.19. The summed E-state index contributed by atoms with van der Waals surface area (Å²) in [4.78, 5) is 5.08. The molecule has 0 rings (SSSR count). The Morgan fingerprint density at radius 1 is 0.900 bits per heavy atom. The van der Waals surface area contributed by atoms with Gasteiger partial charge in [0.25, 0.3) is 0 Å². The first kappa shape index (κ1) is 19.9. The Labute approximate surface area is 127 Å². The third-order valence-corrected chi connectivity index (χ3v) is 4.04. The second kappa shape index (κ2) is 10.6. The molecule has 0 heterocycles. The van der Waals surface area contributed by atoms with Gasteiger partial charge in [0.2, 0.25) is 0 Å². The van der Waals surface area contributed by atoms with E-state index < -0.39 is 0 Å². The SMILES string of the molecule is CCN(CC)CCCN(CC)CC(CN)CC(C)(C)C. The van der Waals surface area contributed by atoms with Crippen LogP contribution in [-0.4, -0.2) is 55.6 Å². The molecule has 0 saturated heterocycles. The molecule has 122 valence electrons. The van der Waals surface area contributed by atoms with E-state index in [4.69, 9.17) is 5.73 Å². The monoisotopic (exact) mass is 285 g/mol. The second-order valence-electron chi connectivity index (χ2n) is 7.14. The van der Waals surface area contributed by atoms with Crippen molar-refractivity contribution >= 4 is 0 Å². The van der Waals surface area contributed by atoms with Crippen molar-refractivity contribution in [1.82, 2.24) is 9.80 Å². The van der Waals surface area contributed by atoms with Crippen LogP contribution in [0.3, 0.4) is 0 Å². The molecule has 0 aliphatic heterocycles. The number of nitrogens with two attached hydrogens (primary N) is 1. The fraction of sp³-hybridized carbons (Fsp3) is 1.00. The van der Waals surface area contributed by atoms with E-state index in [9.17, 15) is 0 Å². The van der Waals surface area contributed by atoms with Gasteiger partial charge in [-0.2, -0.15) is 0 Å². The summed E-state index contributed by atoms with van der Waals surface area (Å²) in [5.41, 5.74) is 6.35. The molecule has 0 bridgehead atoms. The molecule has 0 fully saturated rings. The fourth-order valence-corrected chi connectivity index (χ4v) is 2.89. The van der Waals surface area contributed by atoms with E-state index in [1.807, 2.05) is 0 Å². The predicted molar refractivity (Wildman–Crippen MR) is 91.1 cm³/mol. The van der Waals surface area contributed by atoms with Crippen LogP contribution in [0.5, 0.6) is 0 Å². The van der Waals surface area contributed by atoms with Crippen LogP contribution in [0.1, 0.15) is 54.4 Å². The van der Waals surface area contributed by atoms with E-state index in [1.54, 1.807) is 0 Å². The lowest BCUT2D eigenvalue weighted by Crippen LogP contribution is -2.36. The van der Waals surface area contributed by atoms with E-state index >= 15 is 0 Å². The quantitative estimate of drug-likeness (QED) is 0.633. The predicted octanol–water partition coefficient (Wildman–Crippen LogP) is 3.05. The smallest absolute Gasteiger partial charge is 0.00218 e. The van der Waals surface area contributed by atoms with Crippen LogP contribution in [0.4, 0.5) is 0 Å². The van der Waals surface area contributed by atoms with Gasteiger partial charge in [0, 0.05) is 6.54 Å². The summed E-state index contributed by atoms with van der Waals surface area (Å²) in [6.07, 6.45) is 2.48. The number of hydrogen-bond donors (Lipinski definition) is 1. The highest BCUT2D eigenvalue weighted by Crippen LogP contribution is 2.24. The molecule has 1 atom stereocenters. The number of nitrogens with zero attached hydrogens (tertiary/aromatic N) is 2. The Balaban J connectivity index is 4.11. The van der Waals surface area contributed by atoms with E-state index in [0.717, 1.165) is 32.7 Å². The molecule has 0 aromatic heterocycles. The van der Waals surface area contributed by atoms with Crippen molar-refractivity contribution < 1.29 is 0 Å². The Morgan fingerprint density at radius 2 is 1.40 bits per heavy atom. The van der Waals surface area contributed by atoms with E-state index in [-0.39, 0.29) is 0 Å². The fourth-order valence-electron chi connectivity index (χ4n) is 2.89. The summed E-state index contributed by atoms with van der Waals surface area (Å²) in [5, 5.41) is 0. The van der Waals surface area contributed by atoms with E-state index in [2.05, 4.69) is 51.3 Å². The van der Waals surface area contributed by atoms with Crippen LogP contribution in [0, 0.1) is 11.3 Å². The Morgan fingerprint density at radius 3 is 1.80 bits per heavy atom. The first-order valence-electron chi connectivity index (χ1n) is 8.51. The molecule has 0 aliphatic rings. The average Bonchev–Trinajstić information content (AvgIpc) is 2.39. The van der Waals surface area contributed by atoms with E-state index in [1.165, 1.54) is 25.9 Å².